The van der Waals surface area contributed by atoms with Crippen molar-refractivity contribution in [1.82, 2.24) is 5.32 Å². The van der Waals surface area contributed by atoms with Crippen LogP contribution in [0, 0.1) is 0 Å². The molecule has 1 N–H and O–H groups in total. The van der Waals surface area contributed by atoms with Crippen LogP contribution in [0.1, 0.15) is 5.56 Å². The van der Waals surface area contributed by atoms with Gasteiger partial charge >= 0.3 is 0 Å². The smallest absolute Gasteiger partial charge is 0.167 e. The van der Waals surface area contributed by atoms with Crippen LogP contribution in [0.3, 0.4) is 0 Å². The first-order chi connectivity index (χ1) is 7.75. The van der Waals surface area contributed by atoms with Gasteiger partial charge in [0.2, 0.25) is 0 Å². The van der Waals surface area contributed by atoms with Crippen molar-refractivity contribution >= 4 is 21.7 Å². The zero-order valence-corrected chi connectivity index (χ0v) is 10.5. The molecule has 1 aliphatic heterocycles. The Morgan fingerprint density at radius 1 is 1.44 bits per heavy atom. The van der Waals surface area contributed by atoms with Gasteiger partial charge in [-0.05, 0) is 17.7 Å². The number of Topliss-reactive ketones (excluding diaryl/α,β-unsaturated/α-hetero) is 1. The van der Waals surface area contributed by atoms with Crippen LogP contribution in [0.25, 0.3) is 0 Å². The van der Waals surface area contributed by atoms with Gasteiger partial charge in [0.25, 0.3) is 0 Å². The fourth-order valence-corrected chi connectivity index (χ4v) is 1.95. The first-order valence-electron chi connectivity index (χ1n) is 5.35. The molecule has 1 fully saturated rings. The van der Waals surface area contributed by atoms with E-state index in [9.17, 15) is 4.79 Å². The summed E-state index contributed by atoms with van der Waals surface area (Å²) in [6, 6.07) is 7.81. The van der Waals surface area contributed by atoms with Crippen molar-refractivity contribution in [3.05, 3.63) is 34.3 Å². The number of morpholine rings is 1. The number of rotatable bonds is 3. The average Bonchev–Trinajstić information content (AvgIpc) is 2.33. The van der Waals surface area contributed by atoms with Gasteiger partial charge in [0, 0.05) is 24.0 Å². The molecule has 1 aromatic carbocycles. The SMILES string of the molecule is O=C(Cc1ccc(Br)cc1)C1CNCCO1. The lowest BCUT2D eigenvalue weighted by atomic mass is 10.0. The van der Waals surface area contributed by atoms with Crippen molar-refractivity contribution in [2.45, 2.75) is 12.5 Å². The van der Waals surface area contributed by atoms with E-state index in [1.807, 2.05) is 24.3 Å². The third kappa shape index (κ3) is 3.14. The molecule has 2 rings (SSSR count). The summed E-state index contributed by atoms with van der Waals surface area (Å²) in [4.78, 5) is 11.9. The van der Waals surface area contributed by atoms with Crippen LogP contribution < -0.4 is 5.32 Å². The predicted molar refractivity (Wildman–Crippen MR) is 65.5 cm³/mol. The Morgan fingerprint density at radius 2 is 2.19 bits per heavy atom. The zero-order chi connectivity index (χ0) is 11.4. The van der Waals surface area contributed by atoms with Crippen LogP contribution in [0.2, 0.25) is 0 Å². The molecule has 1 atom stereocenters. The number of ether oxygens (including phenoxy) is 1. The molecule has 3 nitrogen and oxygen atoms in total. The summed E-state index contributed by atoms with van der Waals surface area (Å²) in [6.07, 6.45) is 0.164. The lowest BCUT2D eigenvalue weighted by Crippen LogP contribution is -2.43. The highest BCUT2D eigenvalue weighted by atomic mass is 79.9. The first kappa shape index (κ1) is 11.8. The maximum absolute atomic E-state index is 11.9. The Hall–Kier alpha value is -0.710. The monoisotopic (exact) mass is 283 g/mol. The molecule has 0 bridgehead atoms. The van der Waals surface area contributed by atoms with Gasteiger partial charge in [-0.25, -0.2) is 0 Å². The molecule has 16 heavy (non-hydrogen) atoms. The largest absolute Gasteiger partial charge is 0.368 e. The van der Waals surface area contributed by atoms with E-state index in [2.05, 4.69) is 21.2 Å². The van der Waals surface area contributed by atoms with Crippen LogP contribution >= 0.6 is 15.9 Å². The molecule has 0 aliphatic carbocycles. The Morgan fingerprint density at radius 3 is 2.81 bits per heavy atom. The summed E-state index contributed by atoms with van der Waals surface area (Å²) in [5, 5.41) is 3.16. The predicted octanol–water partition coefficient (Wildman–Crippen LogP) is 1.55. The number of hydrogen-bond acceptors (Lipinski definition) is 3. The van der Waals surface area contributed by atoms with E-state index in [4.69, 9.17) is 4.74 Å². The maximum Gasteiger partial charge on any atom is 0.167 e. The Bertz CT molecular complexity index is 358. The van der Waals surface area contributed by atoms with Gasteiger partial charge < -0.3 is 10.1 Å². The van der Waals surface area contributed by atoms with Gasteiger partial charge in [0.05, 0.1) is 6.61 Å². The first-order valence-corrected chi connectivity index (χ1v) is 6.14. The Labute approximate surface area is 103 Å². The second-order valence-electron chi connectivity index (χ2n) is 3.83. The minimum atomic E-state index is -0.280. The molecule has 86 valence electrons. The number of benzene rings is 1. The number of carbonyl (C=O) groups excluding carboxylic acids is 1. The second kappa shape index (κ2) is 5.57. The summed E-state index contributed by atoms with van der Waals surface area (Å²) in [6.45, 7) is 2.09. The number of ketones is 1. The quantitative estimate of drug-likeness (QED) is 0.915. The molecule has 1 aromatic rings. The Balaban J connectivity index is 1.93. The van der Waals surface area contributed by atoms with Crippen molar-refractivity contribution in [3.63, 3.8) is 0 Å². The Kier molecular flexibility index (Phi) is 4.09. The maximum atomic E-state index is 11.9. The third-order valence-corrected chi connectivity index (χ3v) is 3.11. The molecule has 1 heterocycles. The fourth-order valence-electron chi connectivity index (χ4n) is 1.69. The van der Waals surface area contributed by atoms with Crippen LogP contribution in [0.4, 0.5) is 0 Å². The average molecular weight is 284 g/mol. The van der Waals surface area contributed by atoms with Gasteiger partial charge in [-0.1, -0.05) is 28.1 Å². The van der Waals surface area contributed by atoms with Gasteiger partial charge in [-0.2, -0.15) is 0 Å². The molecule has 0 radical (unpaired) electrons. The van der Waals surface area contributed by atoms with E-state index in [0.717, 1.165) is 16.6 Å². The van der Waals surface area contributed by atoms with Gasteiger partial charge in [0.15, 0.2) is 5.78 Å². The highest BCUT2D eigenvalue weighted by Gasteiger charge is 2.21. The van der Waals surface area contributed by atoms with Gasteiger partial charge in [-0.3, -0.25) is 4.79 Å². The molecule has 1 aliphatic rings. The summed E-state index contributed by atoms with van der Waals surface area (Å²) >= 11 is 3.37. The molecule has 0 spiro atoms. The number of halogens is 1. The van der Waals surface area contributed by atoms with E-state index in [-0.39, 0.29) is 11.9 Å². The third-order valence-electron chi connectivity index (χ3n) is 2.58. The summed E-state index contributed by atoms with van der Waals surface area (Å²) < 4.78 is 6.44. The van der Waals surface area contributed by atoms with E-state index < -0.39 is 0 Å². The molecular weight excluding hydrogens is 270 g/mol. The number of hydrogen-bond donors (Lipinski definition) is 1. The standard InChI is InChI=1S/C12H14BrNO2/c13-10-3-1-9(2-4-10)7-11(15)12-8-14-5-6-16-12/h1-4,12,14H,5-8H2. The van der Waals surface area contributed by atoms with E-state index in [0.29, 0.717) is 19.6 Å². The molecular formula is C12H14BrNO2. The zero-order valence-electron chi connectivity index (χ0n) is 8.91. The minimum Gasteiger partial charge on any atom is -0.368 e. The molecule has 1 unspecified atom stereocenters. The van der Waals surface area contributed by atoms with Crippen LogP contribution in [-0.2, 0) is 16.0 Å². The summed E-state index contributed by atoms with van der Waals surface area (Å²) in [5.74, 6) is 0.148. The highest BCUT2D eigenvalue weighted by Crippen LogP contribution is 2.12. The van der Waals surface area contributed by atoms with Crippen LogP contribution in [0.5, 0.6) is 0 Å². The topological polar surface area (TPSA) is 38.3 Å². The van der Waals surface area contributed by atoms with Crippen molar-refractivity contribution in [1.29, 1.82) is 0 Å². The minimum absolute atomic E-state index is 0.148. The van der Waals surface area contributed by atoms with E-state index in [1.165, 1.54) is 0 Å². The summed E-state index contributed by atoms with van der Waals surface area (Å²) in [7, 11) is 0. The normalized spacial score (nSPS) is 20.7. The van der Waals surface area contributed by atoms with Crippen molar-refractivity contribution in [2.75, 3.05) is 19.7 Å². The van der Waals surface area contributed by atoms with Crippen molar-refractivity contribution in [2.24, 2.45) is 0 Å². The summed E-state index contributed by atoms with van der Waals surface area (Å²) in [5.41, 5.74) is 1.03. The van der Waals surface area contributed by atoms with Crippen LogP contribution in [0.15, 0.2) is 28.7 Å². The van der Waals surface area contributed by atoms with Crippen molar-refractivity contribution < 1.29 is 9.53 Å². The number of nitrogens with one attached hydrogen (secondary N) is 1. The molecule has 0 aromatic heterocycles. The van der Waals surface area contributed by atoms with E-state index in [1.54, 1.807) is 0 Å². The van der Waals surface area contributed by atoms with E-state index >= 15 is 0 Å². The highest BCUT2D eigenvalue weighted by molar-refractivity contribution is 9.10. The molecule has 0 saturated carbocycles. The molecule has 0 amide bonds. The fraction of sp³-hybridized carbons (Fsp3) is 0.417. The number of carbonyl (C=O) groups is 1. The lowest BCUT2D eigenvalue weighted by molar-refractivity contribution is -0.131. The molecule has 4 heteroatoms. The van der Waals surface area contributed by atoms with Crippen molar-refractivity contribution in [3.8, 4) is 0 Å². The second-order valence-corrected chi connectivity index (χ2v) is 4.75. The lowest BCUT2D eigenvalue weighted by Gasteiger charge is -2.22. The van der Waals surface area contributed by atoms with Gasteiger partial charge in [-0.15, -0.1) is 0 Å². The molecule has 1 saturated heterocycles. The van der Waals surface area contributed by atoms with Gasteiger partial charge in [0.1, 0.15) is 6.10 Å². The van der Waals surface area contributed by atoms with Crippen LogP contribution in [-0.4, -0.2) is 31.6 Å².